The van der Waals surface area contributed by atoms with E-state index < -0.39 is 22.5 Å². The third-order valence-electron chi connectivity index (χ3n) is 2.53. The summed E-state index contributed by atoms with van der Waals surface area (Å²) in [6.45, 7) is -0.403. The van der Waals surface area contributed by atoms with E-state index in [0.717, 1.165) is 0 Å². The van der Waals surface area contributed by atoms with Crippen LogP contribution in [0.25, 0.3) is 0 Å². The zero-order valence-corrected chi connectivity index (χ0v) is 11.8. The van der Waals surface area contributed by atoms with Crippen LogP contribution in [0.5, 0.6) is 11.5 Å². The van der Waals surface area contributed by atoms with Gasteiger partial charge in [-0.05, 0) is 24.3 Å². The molecule has 0 saturated carbocycles. The van der Waals surface area contributed by atoms with Crippen molar-refractivity contribution in [2.75, 3.05) is 6.54 Å². The van der Waals surface area contributed by atoms with E-state index in [0.29, 0.717) is 11.5 Å². The standard InChI is InChI=1S/C14H14N2O4S/c15-10-14(17)16-21(18,19)13-8-4-7-12(9-13)20-11-5-2-1-3-6-11/h1-9H,10,15H2,(H,16,17). The number of sulfonamides is 1. The minimum atomic E-state index is -3.95. The number of rotatable bonds is 5. The fourth-order valence-electron chi connectivity index (χ4n) is 1.58. The lowest BCUT2D eigenvalue weighted by molar-refractivity contribution is -0.118. The molecule has 0 radical (unpaired) electrons. The van der Waals surface area contributed by atoms with Gasteiger partial charge in [0.1, 0.15) is 11.5 Å². The smallest absolute Gasteiger partial charge is 0.264 e. The first-order chi connectivity index (χ1) is 10.0. The van der Waals surface area contributed by atoms with Gasteiger partial charge in [-0.3, -0.25) is 4.79 Å². The van der Waals surface area contributed by atoms with E-state index in [4.69, 9.17) is 10.5 Å². The molecule has 0 heterocycles. The Morgan fingerprint density at radius 3 is 2.38 bits per heavy atom. The molecule has 21 heavy (non-hydrogen) atoms. The monoisotopic (exact) mass is 306 g/mol. The molecule has 0 aliphatic heterocycles. The van der Waals surface area contributed by atoms with Crippen molar-refractivity contribution in [2.24, 2.45) is 5.73 Å². The number of para-hydroxylation sites is 1. The van der Waals surface area contributed by atoms with Crippen molar-refractivity contribution in [3.8, 4) is 11.5 Å². The van der Waals surface area contributed by atoms with Crippen LogP contribution in [0.1, 0.15) is 0 Å². The number of amides is 1. The molecule has 2 aromatic rings. The van der Waals surface area contributed by atoms with Gasteiger partial charge in [-0.15, -0.1) is 0 Å². The van der Waals surface area contributed by atoms with E-state index in [1.165, 1.54) is 18.2 Å². The summed E-state index contributed by atoms with van der Waals surface area (Å²) >= 11 is 0. The Morgan fingerprint density at radius 2 is 1.71 bits per heavy atom. The van der Waals surface area contributed by atoms with E-state index in [1.54, 1.807) is 30.3 Å². The number of ether oxygens (including phenoxy) is 1. The van der Waals surface area contributed by atoms with Gasteiger partial charge < -0.3 is 10.5 Å². The molecule has 0 fully saturated rings. The lowest BCUT2D eigenvalue weighted by atomic mass is 10.3. The molecule has 0 bridgehead atoms. The van der Waals surface area contributed by atoms with Gasteiger partial charge in [0.15, 0.2) is 0 Å². The first-order valence-corrected chi connectivity index (χ1v) is 7.58. The van der Waals surface area contributed by atoms with Crippen molar-refractivity contribution in [1.29, 1.82) is 0 Å². The molecule has 1 amide bonds. The average molecular weight is 306 g/mol. The molecular weight excluding hydrogens is 292 g/mol. The van der Waals surface area contributed by atoms with E-state index in [1.807, 2.05) is 10.8 Å². The highest BCUT2D eigenvalue weighted by molar-refractivity contribution is 7.90. The Kier molecular flexibility index (Phi) is 4.56. The van der Waals surface area contributed by atoms with Gasteiger partial charge in [0.2, 0.25) is 5.91 Å². The zero-order chi connectivity index (χ0) is 15.3. The first kappa shape index (κ1) is 15.0. The molecule has 0 spiro atoms. The van der Waals surface area contributed by atoms with Crippen LogP contribution >= 0.6 is 0 Å². The summed E-state index contributed by atoms with van der Waals surface area (Å²) in [7, 11) is -3.95. The maximum absolute atomic E-state index is 12.0. The summed E-state index contributed by atoms with van der Waals surface area (Å²) in [5, 5.41) is 0. The summed E-state index contributed by atoms with van der Waals surface area (Å²) in [6.07, 6.45) is 0. The van der Waals surface area contributed by atoms with Crippen LogP contribution in [-0.2, 0) is 14.8 Å². The van der Waals surface area contributed by atoms with Crippen molar-refractivity contribution in [2.45, 2.75) is 4.90 Å². The van der Waals surface area contributed by atoms with Crippen molar-refractivity contribution < 1.29 is 17.9 Å². The Bertz CT molecular complexity index is 730. The molecule has 0 saturated heterocycles. The largest absolute Gasteiger partial charge is 0.457 e. The number of nitrogens with two attached hydrogens (primary N) is 1. The molecule has 0 unspecified atom stereocenters. The number of hydrogen-bond acceptors (Lipinski definition) is 5. The van der Waals surface area contributed by atoms with Crippen LogP contribution < -0.4 is 15.2 Å². The molecule has 2 aromatic carbocycles. The van der Waals surface area contributed by atoms with Crippen molar-refractivity contribution >= 4 is 15.9 Å². The second kappa shape index (κ2) is 6.38. The van der Waals surface area contributed by atoms with Gasteiger partial charge in [-0.2, -0.15) is 0 Å². The minimum Gasteiger partial charge on any atom is -0.457 e. The zero-order valence-electron chi connectivity index (χ0n) is 11.0. The lowest BCUT2D eigenvalue weighted by Gasteiger charge is -2.09. The summed E-state index contributed by atoms with van der Waals surface area (Å²) in [4.78, 5) is 11.1. The number of benzene rings is 2. The van der Waals surface area contributed by atoms with Crippen molar-refractivity contribution in [3.63, 3.8) is 0 Å². The summed E-state index contributed by atoms with van der Waals surface area (Å²) in [5.74, 6) is 0.159. The second-order valence-electron chi connectivity index (χ2n) is 4.12. The number of carbonyl (C=O) groups excluding carboxylic acids is 1. The number of hydrogen-bond donors (Lipinski definition) is 2. The maximum Gasteiger partial charge on any atom is 0.264 e. The Balaban J connectivity index is 2.23. The van der Waals surface area contributed by atoms with Crippen LogP contribution in [0.15, 0.2) is 59.5 Å². The molecule has 3 N–H and O–H groups in total. The molecule has 0 aliphatic carbocycles. The highest BCUT2D eigenvalue weighted by Crippen LogP contribution is 2.23. The van der Waals surface area contributed by atoms with E-state index in [2.05, 4.69) is 0 Å². The van der Waals surface area contributed by atoms with Crippen LogP contribution in [0.4, 0.5) is 0 Å². The molecule has 2 rings (SSSR count). The molecular formula is C14H14N2O4S. The van der Waals surface area contributed by atoms with Crippen molar-refractivity contribution in [1.82, 2.24) is 4.72 Å². The van der Waals surface area contributed by atoms with Gasteiger partial charge in [0, 0.05) is 6.07 Å². The predicted molar refractivity (Wildman–Crippen MR) is 77.3 cm³/mol. The van der Waals surface area contributed by atoms with E-state index in [9.17, 15) is 13.2 Å². The predicted octanol–water partition coefficient (Wildman–Crippen LogP) is 1.24. The topological polar surface area (TPSA) is 98.5 Å². The normalized spacial score (nSPS) is 10.9. The number of nitrogens with one attached hydrogen (secondary N) is 1. The van der Waals surface area contributed by atoms with Crippen LogP contribution in [0.3, 0.4) is 0 Å². The quantitative estimate of drug-likeness (QED) is 0.866. The minimum absolute atomic E-state index is 0.0715. The fourth-order valence-corrected chi connectivity index (χ4v) is 2.61. The van der Waals surface area contributed by atoms with Gasteiger partial charge in [-0.25, -0.2) is 13.1 Å². The van der Waals surface area contributed by atoms with Gasteiger partial charge >= 0.3 is 0 Å². The summed E-state index contributed by atoms with van der Waals surface area (Å²) < 4.78 is 31.3. The maximum atomic E-state index is 12.0. The SMILES string of the molecule is NCC(=O)NS(=O)(=O)c1cccc(Oc2ccccc2)c1. The molecule has 7 heteroatoms. The molecule has 110 valence electrons. The fraction of sp³-hybridized carbons (Fsp3) is 0.0714. The summed E-state index contributed by atoms with van der Waals surface area (Å²) in [6, 6.07) is 14.8. The lowest BCUT2D eigenvalue weighted by Crippen LogP contribution is -2.35. The van der Waals surface area contributed by atoms with E-state index >= 15 is 0 Å². The van der Waals surface area contributed by atoms with Gasteiger partial charge in [0.25, 0.3) is 10.0 Å². The molecule has 0 aliphatic rings. The third kappa shape index (κ3) is 4.04. The molecule has 6 nitrogen and oxygen atoms in total. The number of carbonyl (C=O) groups is 1. The van der Waals surface area contributed by atoms with Crippen LogP contribution in [0.2, 0.25) is 0 Å². The van der Waals surface area contributed by atoms with Crippen molar-refractivity contribution in [3.05, 3.63) is 54.6 Å². The summed E-state index contributed by atoms with van der Waals surface area (Å²) in [5.41, 5.74) is 5.09. The Labute approximate surface area is 122 Å². The van der Waals surface area contributed by atoms with Crippen LogP contribution in [-0.4, -0.2) is 20.9 Å². The first-order valence-electron chi connectivity index (χ1n) is 6.10. The van der Waals surface area contributed by atoms with E-state index in [-0.39, 0.29) is 4.90 Å². The molecule has 0 aromatic heterocycles. The van der Waals surface area contributed by atoms with Crippen LogP contribution in [0, 0.1) is 0 Å². The molecule has 0 atom stereocenters. The Hall–Kier alpha value is -2.38. The van der Waals surface area contributed by atoms with Gasteiger partial charge in [-0.1, -0.05) is 24.3 Å². The average Bonchev–Trinajstić information content (AvgIpc) is 2.48. The highest BCUT2D eigenvalue weighted by Gasteiger charge is 2.17. The van der Waals surface area contributed by atoms with Gasteiger partial charge in [0.05, 0.1) is 11.4 Å². The highest BCUT2D eigenvalue weighted by atomic mass is 32.2. The Morgan fingerprint density at radius 1 is 1.05 bits per heavy atom. The third-order valence-corrected chi connectivity index (χ3v) is 3.90. The second-order valence-corrected chi connectivity index (χ2v) is 5.81.